The number of aromatic nitrogens is 2. The van der Waals surface area contributed by atoms with Gasteiger partial charge in [0.1, 0.15) is 0 Å². The third kappa shape index (κ3) is 3.92. The predicted octanol–water partition coefficient (Wildman–Crippen LogP) is 1.57. The van der Waals surface area contributed by atoms with Gasteiger partial charge in [-0.2, -0.15) is 4.98 Å². The summed E-state index contributed by atoms with van der Waals surface area (Å²) < 4.78 is 0. The topological polar surface area (TPSA) is 86.4 Å². The monoisotopic (exact) mass is 374 g/mol. The van der Waals surface area contributed by atoms with Crippen molar-refractivity contribution >= 4 is 11.8 Å². The minimum Gasteiger partial charge on any atom is -0.342 e. The Morgan fingerprint density at radius 2 is 2.00 bits per heavy atom. The first-order valence-corrected chi connectivity index (χ1v) is 10.00. The van der Waals surface area contributed by atoms with E-state index in [1.165, 1.54) is 0 Å². The molecular weight excluding hydrogens is 344 g/mol. The van der Waals surface area contributed by atoms with Crippen molar-refractivity contribution in [2.45, 2.75) is 59.3 Å². The van der Waals surface area contributed by atoms with Crippen LogP contribution in [0.25, 0.3) is 0 Å². The summed E-state index contributed by atoms with van der Waals surface area (Å²) in [5, 5.41) is 0. The van der Waals surface area contributed by atoms with Crippen LogP contribution in [0.1, 0.15) is 56.0 Å². The standard InChI is InChI=1S/C20H30N4O3/c1-4-10-23-11-5-8-20(18(23)26)9-12-24(13-20)17(25)7-6-16-14(2)21-19(27)22-15(16)3/h4-13H2,1-3H3,(H,21,22,27)/t20-/m0/s1. The van der Waals surface area contributed by atoms with Gasteiger partial charge in [-0.15, -0.1) is 0 Å². The Labute approximate surface area is 160 Å². The zero-order valence-electron chi connectivity index (χ0n) is 16.6. The number of aryl methyl sites for hydroxylation is 2. The maximum atomic E-state index is 13.0. The van der Waals surface area contributed by atoms with Crippen LogP contribution in [-0.4, -0.2) is 57.8 Å². The molecule has 1 aromatic rings. The van der Waals surface area contributed by atoms with Crippen LogP contribution < -0.4 is 5.69 Å². The molecule has 0 aliphatic carbocycles. The third-order valence-electron chi connectivity index (χ3n) is 6.07. The molecule has 7 heteroatoms. The lowest BCUT2D eigenvalue weighted by molar-refractivity contribution is -0.146. The highest BCUT2D eigenvalue weighted by Crippen LogP contribution is 2.40. The molecule has 2 saturated heterocycles. The van der Waals surface area contributed by atoms with Gasteiger partial charge in [-0.1, -0.05) is 6.92 Å². The van der Waals surface area contributed by atoms with Gasteiger partial charge in [-0.25, -0.2) is 4.79 Å². The van der Waals surface area contributed by atoms with Crippen LogP contribution in [0.4, 0.5) is 0 Å². The van der Waals surface area contributed by atoms with Crippen LogP contribution in [0.2, 0.25) is 0 Å². The molecule has 0 bridgehead atoms. The smallest absolute Gasteiger partial charge is 0.342 e. The summed E-state index contributed by atoms with van der Waals surface area (Å²) in [6.07, 6.45) is 4.58. The molecule has 0 saturated carbocycles. The van der Waals surface area contributed by atoms with Crippen LogP contribution in [0.3, 0.4) is 0 Å². The highest BCUT2D eigenvalue weighted by Gasteiger charge is 2.48. The minimum atomic E-state index is -0.367. The second kappa shape index (κ2) is 7.82. The molecule has 0 unspecified atom stereocenters. The van der Waals surface area contributed by atoms with Gasteiger partial charge < -0.3 is 14.8 Å². The molecule has 0 radical (unpaired) electrons. The van der Waals surface area contributed by atoms with E-state index >= 15 is 0 Å². The summed E-state index contributed by atoms with van der Waals surface area (Å²) in [5.74, 6) is 0.319. The summed E-state index contributed by atoms with van der Waals surface area (Å²) in [5.41, 5.74) is 1.67. The Morgan fingerprint density at radius 1 is 1.22 bits per heavy atom. The minimum absolute atomic E-state index is 0.0808. The van der Waals surface area contributed by atoms with Gasteiger partial charge in [0.2, 0.25) is 11.8 Å². The van der Waals surface area contributed by atoms with Gasteiger partial charge in [-0.05, 0) is 51.5 Å². The van der Waals surface area contributed by atoms with Crippen molar-refractivity contribution in [3.8, 4) is 0 Å². The van der Waals surface area contributed by atoms with Crippen LogP contribution in [-0.2, 0) is 16.0 Å². The number of rotatable bonds is 5. The molecule has 148 valence electrons. The maximum Gasteiger partial charge on any atom is 0.345 e. The highest BCUT2D eigenvalue weighted by atomic mass is 16.2. The van der Waals surface area contributed by atoms with E-state index in [0.29, 0.717) is 31.6 Å². The Morgan fingerprint density at radius 3 is 2.70 bits per heavy atom. The second-order valence-electron chi connectivity index (χ2n) is 7.97. The number of H-pyrrole nitrogens is 1. The average Bonchev–Trinajstić information content (AvgIpc) is 3.03. The van der Waals surface area contributed by atoms with Crippen molar-refractivity contribution in [1.29, 1.82) is 0 Å². The lowest BCUT2D eigenvalue weighted by Crippen LogP contribution is -2.50. The third-order valence-corrected chi connectivity index (χ3v) is 6.07. The molecule has 1 aromatic heterocycles. The molecule has 3 heterocycles. The summed E-state index contributed by atoms with van der Waals surface area (Å²) in [6, 6.07) is 0. The summed E-state index contributed by atoms with van der Waals surface area (Å²) in [6.45, 7) is 8.60. The fraction of sp³-hybridized carbons (Fsp3) is 0.700. The van der Waals surface area contributed by atoms with E-state index < -0.39 is 0 Å². The van der Waals surface area contributed by atoms with E-state index in [9.17, 15) is 14.4 Å². The second-order valence-corrected chi connectivity index (χ2v) is 7.97. The Hall–Kier alpha value is -2.18. The molecule has 0 aromatic carbocycles. The van der Waals surface area contributed by atoms with Gasteiger partial charge >= 0.3 is 5.69 Å². The van der Waals surface area contributed by atoms with Crippen molar-refractivity contribution in [1.82, 2.24) is 19.8 Å². The number of nitrogens with zero attached hydrogens (tertiary/aromatic N) is 3. The number of nitrogens with one attached hydrogen (secondary N) is 1. The molecule has 1 N–H and O–H groups in total. The van der Waals surface area contributed by atoms with E-state index in [0.717, 1.165) is 50.0 Å². The molecule has 1 atom stereocenters. The normalized spacial score (nSPS) is 22.7. The quantitative estimate of drug-likeness (QED) is 0.848. The molecule has 3 rings (SSSR count). The predicted molar refractivity (Wildman–Crippen MR) is 102 cm³/mol. The van der Waals surface area contributed by atoms with Crippen molar-refractivity contribution < 1.29 is 9.59 Å². The van der Waals surface area contributed by atoms with E-state index in [1.54, 1.807) is 6.92 Å². The lowest BCUT2D eigenvalue weighted by Gasteiger charge is -2.39. The number of piperidine rings is 1. The number of hydrogen-bond acceptors (Lipinski definition) is 4. The molecule has 2 fully saturated rings. The molecule has 2 amide bonds. The Balaban J connectivity index is 1.63. The number of hydrogen-bond donors (Lipinski definition) is 1. The fourth-order valence-corrected chi connectivity index (χ4v) is 4.61. The maximum absolute atomic E-state index is 13.0. The van der Waals surface area contributed by atoms with Crippen LogP contribution in [0, 0.1) is 19.3 Å². The van der Waals surface area contributed by atoms with Gasteiger partial charge in [-0.3, -0.25) is 9.59 Å². The van der Waals surface area contributed by atoms with Gasteiger partial charge in [0, 0.05) is 44.0 Å². The summed E-state index contributed by atoms with van der Waals surface area (Å²) in [4.78, 5) is 47.6. The first-order chi connectivity index (χ1) is 12.9. The first-order valence-electron chi connectivity index (χ1n) is 10.00. The lowest BCUT2D eigenvalue weighted by atomic mass is 9.78. The Kier molecular flexibility index (Phi) is 5.67. The number of aromatic amines is 1. The number of carbonyl (C=O) groups excluding carboxylic acids is 2. The van der Waals surface area contributed by atoms with E-state index in [2.05, 4.69) is 16.9 Å². The molecule has 2 aliphatic rings. The molecular formula is C20H30N4O3. The highest BCUT2D eigenvalue weighted by molar-refractivity contribution is 5.86. The number of carbonyl (C=O) groups is 2. The first kappa shape index (κ1) is 19.6. The van der Waals surface area contributed by atoms with Crippen LogP contribution >= 0.6 is 0 Å². The van der Waals surface area contributed by atoms with Crippen LogP contribution in [0.15, 0.2) is 4.79 Å². The largest absolute Gasteiger partial charge is 0.345 e. The van der Waals surface area contributed by atoms with Crippen molar-refractivity contribution in [2.24, 2.45) is 5.41 Å². The van der Waals surface area contributed by atoms with Crippen molar-refractivity contribution in [3.63, 3.8) is 0 Å². The SMILES string of the molecule is CCCN1CCC[C@@]2(CCN(C(=O)CCc3c(C)nc(=O)[nH]c3C)C2)C1=O. The van der Waals surface area contributed by atoms with Crippen LogP contribution in [0.5, 0.6) is 0 Å². The van der Waals surface area contributed by atoms with Crippen molar-refractivity contribution in [2.75, 3.05) is 26.2 Å². The van der Waals surface area contributed by atoms with E-state index in [4.69, 9.17) is 0 Å². The summed E-state index contributed by atoms with van der Waals surface area (Å²) >= 11 is 0. The Bertz CT molecular complexity index is 760. The number of amides is 2. The molecule has 2 aliphatic heterocycles. The van der Waals surface area contributed by atoms with E-state index in [1.807, 2.05) is 16.7 Å². The zero-order chi connectivity index (χ0) is 19.6. The summed E-state index contributed by atoms with van der Waals surface area (Å²) in [7, 11) is 0. The molecule has 7 nitrogen and oxygen atoms in total. The van der Waals surface area contributed by atoms with Gasteiger partial charge in [0.05, 0.1) is 5.41 Å². The molecule has 1 spiro atoms. The zero-order valence-corrected chi connectivity index (χ0v) is 16.6. The fourth-order valence-electron chi connectivity index (χ4n) is 4.61. The van der Waals surface area contributed by atoms with Crippen molar-refractivity contribution in [3.05, 3.63) is 27.4 Å². The van der Waals surface area contributed by atoms with E-state index in [-0.39, 0.29) is 22.9 Å². The molecule has 27 heavy (non-hydrogen) atoms. The average molecular weight is 374 g/mol. The van der Waals surface area contributed by atoms with Gasteiger partial charge in [0.15, 0.2) is 0 Å². The number of likely N-dealkylation sites (tertiary alicyclic amines) is 2. The van der Waals surface area contributed by atoms with Gasteiger partial charge in [0.25, 0.3) is 0 Å².